The Bertz CT molecular complexity index is 373. The molecule has 1 atom stereocenters. The van der Waals surface area contributed by atoms with Crippen LogP contribution in [0.1, 0.15) is 77.6 Å². The Kier molecular flexibility index (Phi) is 3.90. The summed E-state index contributed by atoms with van der Waals surface area (Å²) in [6.07, 6.45) is 18.8. The van der Waals surface area contributed by atoms with Gasteiger partial charge in [0.25, 0.3) is 0 Å². The molecule has 1 unspecified atom stereocenters. The fourth-order valence-electron chi connectivity index (χ4n) is 6.69. The Morgan fingerprint density at radius 1 is 1.10 bits per heavy atom. The molecule has 0 aromatic heterocycles. The second kappa shape index (κ2) is 5.72. The highest BCUT2D eigenvalue weighted by Crippen LogP contribution is 2.62. The maximum atomic E-state index is 4.03. The van der Waals surface area contributed by atoms with Gasteiger partial charge >= 0.3 is 0 Å². The third kappa shape index (κ3) is 2.60. The van der Waals surface area contributed by atoms with Gasteiger partial charge in [-0.2, -0.15) is 0 Å². The smallest absolute Gasteiger partial charge is 0.0336 e. The summed E-state index contributed by atoms with van der Waals surface area (Å²) >= 11 is 0. The Hall–Kier alpha value is -0.300. The van der Waals surface area contributed by atoms with E-state index >= 15 is 0 Å². The van der Waals surface area contributed by atoms with E-state index in [1.54, 1.807) is 44.1 Å². The Morgan fingerprint density at radius 3 is 2.29 bits per heavy atom. The fraction of sp³-hybridized carbons (Fsp3) is 0.900. The van der Waals surface area contributed by atoms with Crippen molar-refractivity contribution in [1.82, 2.24) is 5.32 Å². The average Bonchev–Trinajstić information content (AvgIpc) is 2.47. The van der Waals surface area contributed by atoms with Gasteiger partial charge in [-0.3, -0.25) is 0 Å². The highest BCUT2D eigenvalue weighted by atomic mass is 14.9. The van der Waals surface area contributed by atoms with Crippen molar-refractivity contribution in [2.24, 2.45) is 23.2 Å². The van der Waals surface area contributed by atoms with Crippen LogP contribution in [0.4, 0.5) is 0 Å². The first-order valence-electron chi connectivity index (χ1n) is 9.71. The molecule has 5 rings (SSSR count). The first-order chi connectivity index (χ1) is 10.3. The molecule has 0 aliphatic heterocycles. The number of rotatable bonds is 5. The van der Waals surface area contributed by atoms with Gasteiger partial charge in [0.1, 0.15) is 0 Å². The summed E-state index contributed by atoms with van der Waals surface area (Å²) in [4.78, 5) is 0. The van der Waals surface area contributed by atoms with Crippen molar-refractivity contribution in [3.8, 4) is 0 Å². The van der Waals surface area contributed by atoms with Crippen LogP contribution in [-0.2, 0) is 0 Å². The lowest BCUT2D eigenvalue weighted by atomic mass is 9.47. The molecular formula is C20H33N. The standard InChI is InChI=1S/C20H33N/c1-2-8-21-19(18-6-4-3-5-7-18)20-12-15-9-16(13-20)11-17(10-15)14-20/h6,15-17,19,21H,2-5,7-14H2,1H3. The van der Waals surface area contributed by atoms with Crippen LogP contribution < -0.4 is 5.32 Å². The number of nitrogens with one attached hydrogen (secondary N) is 1. The predicted molar refractivity (Wildman–Crippen MR) is 89.2 cm³/mol. The van der Waals surface area contributed by atoms with Crippen molar-refractivity contribution in [2.75, 3.05) is 6.54 Å². The summed E-state index contributed by atoms with van der Waals surface area (Å²) in [5.41, 5.74) is 2.45. The van der Waals surface area contributed by atoms with Crippen LogP contribution >= 0.6 is 0 Å². The van der Waals surface area contributed by atoms with Crippen LogP contribution in [0, 0.1) is 23.2 Å². The number of hydrogen-bond donors (Lipinski definition) is 1. The molecule has 0 radical (unpaired) electrons. The Balaban J connectivity index is 1.61. The average molecular weight is 287 g/mol. The molecule has 4 saturated carbocycles. The number of hydrogen-bond acceptors (Lipinski definition) is 1. The first-order valence-corrected chi connectivity index (χ1v) is 9.71. The van der Waals surface area contributed by atoms with Crippen molar-refractivity contribution in [3.63, 3.8) is 0 Å². The summed E-state index contributed by atoms with van der Waals surface area (Å²) in [6, 6.07) is 0.728. The molecule has 21 heavy (non-hydrogen) atoms. The normalized spacial score (nSPS) is 42.9. The maximum Gasteiger partial charge on any atom is 0.0336 e. The van der Waals surface area contributed by atoms with Crippen LogP contribution in [0.2, 0.25) is 0 Å². The summed E-state index contributed by atoms with van der Waals surface area (Å²) in [6.45, 7) is 3.53. The van der Waals surface area contributed by atoms with Crippen LogP contribution in [0.25, 0.3) is 0 Å². The van der Waals surface area contributed by atoms with Crippen LogP contribution in [0.5, 0.6) is 0 Å². The maximum absolute atomic E-state index is 4.03. The van der Waals surface area contributed by atoms with E-state index < -0.39 is 0 Å². The van der Waals surface area contributed by atoms with Crippen LogP contribution in [0.15, 0.2) is 11.6 Å². The highest BCUT2D eigenvalue weighted by Gasteiger charge is 2.54. The largest absolute Gasteiger partial charge is 0.310 e. The lowest BCUT2D eigenvalue weighted by Gasteiger charge is -2.60. The SMILES string of the molecule is CCCNC(C1=CCCCC1)C12CC3CC(CC(C3)C1)C2. The molecule has 1 N–H and O–H groups in total. The third-order valence-electron chi connectivity index (χ3n) is 6.99. The Labute approximate surface area is 131 Å². The van der Waals surface area contributed by atoms with Gasteiger partial charge in [0.15, 0.2) is 0 Å². The monoisotopic (exact) mass is 287 g/mol. The van der Waals surface area contributed by atoms with Crippen molar-refractivity contribution in [3.05, 3.63) is 11.6 Å². The molecule has 0 spiro atoms. The van der Waals surface area contributed by atoms with Gasteiger partial charge in [-0.05, 0) is 100 Å². The van der Waals surface area contributed by atoms with Crippen molar-refractivity contribution in [1.29, 1.82) is 0 Å². The molecule has 0 amide bonds. The van der Waals surface area contributed by atoms with Crippen LogP contribution in [0.3, 0.4) is 0 Å². The molecule has 5 aliphatic carbocycles. The molecular weight excluding hydrogens is 254 g/mol. The van der Waals surface area contributed by atoms with E-state index in [0.29, 0.717) is 5.41 Å². The zero-order chi connectivity index (χ0) is 14.3. The molecule has 1 nitrogen and oxygen atoms in total. The topological polar surface area (TPSA) is 12.0 Å². The zero-order valence-corrected chi connectivity index (χ0v) is 13.9. The summed E-state index contributed by atoms with van der Waals surface area (Å²) in [5.74, 6) is 3.23. The molecule has 4 bridgehead atoms. The van der Waals surface area contributed by atoms with Gasteiger partial charge in [-0.1, -0.05) is 18.6 Å². The summed E-state index contributed by atoms with van der Waals surface area (Å²) in [7, 11) is 0. The minimum Gasteiger partial charge on any atom is -0.310 e. The molecule has 0 aromatic carbocycles. The second-order valence-corrected chi connectivity index (χ2v) is 8.69. The predicted octanol–water partition coefficient (Wildman–Crippen LogP) is 5.07. The summed E-state index contributed by atoms with van der Waals surface area (Å²) in [5, 5.41) is 4.03. The van der Waals surface area contributed by atoms with Gasteiger partial charge < -0.3 is 5.32 Å². The van der Waals surface area contributed by atoms with E-state index in [1.807, 2.05) is 0 Å². The van der Waals surface area contributed by atoms with E-state index in [0.717, 1.165) is 23.8 Å². The Morgan fingerprint density at radius 2 is 1.76 bits per heavy atom. The molecule has 5 aliphatic rings. The van der Waals surface area contributed by atoms with Gasteiger partial charge in [-0.15, -0.1) is 0 Å². The van der Waals surface area contributed by atoms with E-state index in [-0.39, 0.29) is 0 Å². The number of allylic oxidation sites excluding steroid dienone is 1. The molecule has 0 saturated heterocycles. The minimum atomic E-state index is 0.646. The highest BCUT2D eigenvalue weighted by molar-refractivity contribution is 5.21. The molecule has 0 heterocycles. The minimum absolute atomic E-state index is 0.646. The van der Waals surface area contributed by atoms with E-state index in [4.69, 9.17) is 0 Å². The van der Waals surface area contributed by atoms with E-state index in [9.17, 15) is 0 Å². The van der Waals surface area contributed by atoms with E-state index in [2.05, 4.69) is 18.3 Å². The lowest BCUT2D eigenvalue weighted by molar-refractivity contribution is -0.0676. The quantitative estimate of drug-likeness (QED) is 0.696. The first kappa shape index (κ1) is 14.3. The van der Waals surface area contributed by atoms with Gasteiger partial charge in [0.05, 0.1) is 0 Å². The summed E-state index contributed by atoms with van der Waals surface area (Å²) < 4.78 is 0. The van der Waals surface area contributed by atoms with Crippen molar-refractivity contribution < 1.29 is 0 Å². The van der Waals surface area contributed by atoms with Crippen LogP contribution in [-0.4, -0.2) is 12.6 Å². The lowest BCUT2D eigenvalue weighted by Crippen LogP contribution is -2.56. The molecule has 0 aromatic rings. The van der Waals surface area contributed by atoms with Gasteiger partial charge in [-0.25, -0.2) is 0 Å². The van der Waals surface area contributed by atoms with Crippen molar-refractivity contribution in [2.45, 2.75) is 83.6 Å². The molecule has 118 valence electrons. The van der Waals surface area contributed by atoms with Crippen molar-refractivity contribution >= 4 is 0 Å². The van der Waals surface area contributed by atoms with Gasteiger partial charge in [0.2, 0.25) is 0 Å². The fourth-order valence-corrected chi connectivity index (χ4v) is 6.69. The second-order valence-electron chi connectivity index (χ2n) is 8.69. The molecule has 4 fully saturated rings. The third-order valence-corrected chi connectivity index (χ3v) is 6.99. The van der Waals surface area contributed by atoms with E-state index in [1.165, 1.54) is 38.6 Å². The zero-order valence-electron chi connectivity index (χ0n) is 13.9. The van der Waals surface area contributed by atoms with Gasteiger partial charge in [0, 0.05) is 6.04 Å². The molecule has 1 heteroatoms.